The fourth-order valence-electron chi connectivity index (χ4n) is 3.20. The van der Waals surface area contributed by atoms with Gasteiger partial charge < -0.3 is 14.5 Å². The van der Waals surface area contributed by atoms with Crippen molar-refractivity contribution >= 4 is 28.3 Å². The first-order valence-corrected chi connectivity index (χ1v) is 9.18. The number of carbonyl (C=O) groups excluding carboxylic acids is 2. The number of ketones is 1. The number of methoxy groups -OCH3 is 1. The topological polar surface area (TPSA) is 68.5 Å². The molecule has 1 amide bonds. The molecule has 0 atom stereocenters. The van der Waals surface area contributed by atoms with E-state index < -0.39 is 0 Å². The molecule has 4 rings (SSSR count). The van der Waals surface area contributed by atoms with Crippen LogP contribution in [0.5, 0.6) is 5.75 Å². The van der Waals surface area contributed by atoms with Crippen LogP contribution in [0.15, 0.2) is 83.5 Å². The average molecular weight is 385 g/mol. The number of anilines is 1. The Bertz CT molecular complexity index is 1180. The van der Waals surface area contributed by atoms with Gasteiger partial charge in [-0.3, -0.25) is 9.59 Å². The Balaban J connectivity index is 1.48. The Morgan fingerprint density at radius 3 is 2.52 bits per heavy atom. The van der Waals surface area contributed by atoms with Crippen molar-refractivity contribution in [3.8, 4) is 5.75 Å². The minimum absolute atomic E-state index is 0.0866. The van der Waals surface area contributed by atoms with Crippen LogP contribution >= 0.6 is 0 Å². The molecule has 0 spiro atoms. The van der Waals surface area contributed by atoms with E-state index in [1.54, 1.807) is 55.8 Å². The molecule has 0 fully saturated rings. The SMILES string of the molecule is COc1ccc2c(CC(=O)Nc3cccc(C(=O)c4ccccc4)c3)coc2c1. The smallest absolute Gasteiger partial charge is 0.228 e. The largest absolute Gasteiger partial charge is 0.497 e. The van der Waals surface area contributed by atoms with Gasteiger partial charge in [0.1, 0.15) is 11.3 Å². The molecule has 3 aromatic carbocycles. The third-order valence-corrected chi connectivity index (χ3v) is 4.66. The molecular weight excluding hydrogens is 366 g/mol. The lowest BCUT2D eigenvalue weighted by atomic mass is 10.0. The lowest BCUT2D eigenvalue weighted by molar-refractivity contribution is -0.115. The Morgan fingerprint density at radius 1 is 0.931 bits per heavy atom. The van der Waals surface area contributed by atoms with Crippen LogP contribution in [-0.2, 0) is 11.2 Å². The highest BCUT2D eigenvalue weighted by atomic mass is 16.5. The van der Waals surface area contributed by atoms with Crippen molar-refractivity contribution in [3.05, 3.63) is 95.7 Å². The van der Waals surface area contributed by atoms with Gasteiger partial charge in [-0.15, -0.1) is 0 Å². The van der Waals surface area contributed by atoms with Crippen molar-refractivity contribution in [2.45, 2.75) is 6.42 Å². The zero-order chi connectivity index (χ0) is 20.2. The Hall–Kier alpha value is -3.86. The minimum atomic E-state index is -0.187. The van der Waals surface area contributed by atoms with Crippen molar-refractivity contribution < 1.29 is 18.7 Å². The number of benzene rings is 3. The van der Waals surface area contributed by atoms with E-state index in [4.69, 9.17) is 9.15 Å². The van der Waals surface area contributed by atoms with Crippen LogP contribution in [0.2, 0.25) is 0 Å². The summed E-state index contributed by atoms with van der Waals surface area (Å²) < 4.78 is 10.7. The van der Waals surface area contributed by atoms with Crippen LogP contribution in [0.1, 0.15) is 21.5 Å². The van der Waals surface area contributed by atoms with E-state index in [-0.39, 0.29) is 18.1 Å². The van der Waals surface area contributed by atoms with Crippen molar-refractivity contribution in [1.29, 1.82) is 0 Å². The van der Waals surface area contributed by atoms with E-state index in [1.165, 1.54) is 0 Å². The van der Waals surface area contributed by atoms with Crippen LogP contribution in [0, 0.1) is 0 Å². The highest BCUT2D eigenvalue weighted by molar-refractivity contribution is 6.09. The quantitative estimate of drug-likeness (QED) is 0.482. The molecule has 0 radical (unpaired) electrons. The maximum Gasteiger partial charge on any atom is 0.228 e. The molecule has 4 aromatic rings. The van der Waals surface area contributed by atoms with E-state index in [0.29, 0.717) is 28.1 Å². The number of rotatable bonds is 6. The predicted octanol–water partition coefficient (Wildman–Crippen LogP) is 4.85. The van der Waals surface area contributed by atoms with E-state index in [1.807, 2.05) is 30.3 Å². The lowest BCUT2D eigenvalue weighted by Crippen LogP contribution is -2.14. The molecule has 1 heterocycles. The first kappa shape index (κ1) is 18.5. The summed E-state index contributed by atoms with van der Waals surface area (Å²) in [7, 11) is 1.59. The molecule has 0 aliphatic carbocycles. The predicted molar refractivity (Wildman–Crippen MR) is 111 cm³/mol. The normalized spacial score (nSPS) is 10.7. The van der Waals surface area contributed by atoms with Crippen LogP contribution < -0.4 is 10.1 Å². The molecule has 0 aliphatic rings. The third-order valence-electron chi connectivity index (χ3n) is 4.66. The molecule has 0 bridgehead atoms. The van der Waals surface area contributed by atoms with Gasteiger partial charge in [0.2, 0.25) is 5.91 Å². The van der Waals surface area contributed by atoms with E-state index >= 15 is 0 Å². The second kappa shape index (κ2) is 8.02. The first-order chi connectivity index (χ1) is 14.1. The van der Waals surface area contributed by atoms with Gasteiger partial charge in [-0.25, -0.2) is 0 Å². The average Bonchev–Trinajstić information content (AvgIpc) is 3.15. The highest BCUT2D eigenvalue weighted by Crippen LogP contribution is 2.26. The number of amides is 1. The van der Waals surface area contributed by atoms with Crippen molar-refractivity contribution in [3.63, 3.8) is 0 Å². The molecule has 1 aromatic heterocycles. The van der Waals surface area contributed by atoms with Crippen LogP contribution in [-0.4, -0.2) is 18.8 Å². The van der Waals surface area contributed by atoms with Gasteiger partial charge in [0.15, 0.2) is 5.78 Å². The third kappa shape index (κ3) is 4.04. The zero-order valence-electron chi connectivity index (χ0n) is 15.8. The zero-order valence-corrected chi connectivity index (χ0v) is 15.8. The summed E-state index contributed by atoms with van der Waals surface area (Å²) in [6, 6.07) is 21.5. The Labute approximate surface area is 167 Å². The van der Waals surface area contributed by atoms with Gasteiger partial charge in [-0.05, 0) is 24.3 Å². The number of hydrogen-bond acceptors (Lipinski definition) is 4. The van der Waals surface area contributed by atoms with Crippen LogP contribution in [0.4, 0.5) is 5.69 Å². The lowest BCUT2D eigenvalue weighted by Gasteiger charge is -2.07. The Morgan fingerprint density at radius 2 is 1.72 bits per heavy atom. The molecular formula is C24H19NO4. The second-order valence-corrected chi connectivity index (χ2v) is 6.62. The van der Waals surface area contributed by atoms with Gasteiger partial charge in [0.25, 0.3) is 0 Å². The second-order valence-electron chi connectivity index (χ2n) is 6.62. The number of hydrogen-bond donors (Lipinski definition) is 1. The van der Waals surface area contributed by atoms with Crippen LogP contribution in [0.3, 0.4) is 0 Å². The number of fused-ring (bicyclic) bond motifs is 1. The van der Waals surface area contributed by atoms with E-state index in [9.17, 15) is 9.59 Å². The highest BCUT2D eigenvalue weighted by Gasteiger charge is 2.13. The number of furan rings is 1. The van der Waals surface area contributed by atoms with Crippen molar-refractivity contribution in [2.24, 2.45) is 0 Å². The first-order valence-electron chi connectivity index (χ1n) is 9.18. The summed E-state index contributed by atoms with van der Waals surface area (Å²) in [5.74, 6) is 0.423. The monoisotopic (exact) mass is 385 g/mol. The maximum absolute atomic E-state index is 12.6. The molecule has 0 aliphatic heterocycles. The summed E-state index contributed by atoms with van der Waals surface area (Å²) in [5.41, 5.74) is 3.16. The summed E-state index contributed by atoms with van der Waals surface area (Å²) in [6.45, 7) is 0. The van der Waals surface area contributed by atoms with Gasteiger partial charge in [-0.1, -0.05) is 42.5 Å². The van der Waals surface area contributed by atoms with Crippen molar-refractivity contribution in [2.75, 3.05) is 12.4 Å². The number of carbonyl (C=O) groups is 2. The molecule has 144 valence electrons. The van der Waals surface area contributed by atoms with Gasteiger partial charge >= 0.3 is 0 Å². The number of nitrogens with one attached hydrogen (secondary N) is 1. The van der Waals surface area contributed by atoms with Gasteiger partial charge in [0, 0.05) is 33.8 Å². The summed E-state index contributed by atoms with van der Waals surface area (Å²) >= 11 is 0. The van der Waals surface area contributed by atoms with Crippen molar-refractivity contribution in [1.82, 2.24) is 0 Å². The number of ether oxygens (including phenoxy) is 1. The van der Waals surface area contributed by atoms with E-state index in [0.717, 1.165) is 10.9 Å². The summed E-state index contributed by atoms with van der Waals surface area (Å²) in [6.07, 6.45) is 1.75. The molecule has 5 heteroatoms. The fourth-order valence-corrected chi connectivity index (χ4v) is 3.20. The van der Waals surface area contributed by atoms with Crippen LogP contribution in [0.25, 0.3) is 11.0 Å². The molecule has 0 saturated heterocycles. The van der Waals surface area contributed by atoms with Gasteiger partial charge in [0.05, 0.1) is 19.8 Å². The fraction of sp³-hybridized carbons (Fsp3) is 0.0833. The molecule has 0 unspecified atom stereocenters. The maximum atomic E-state index is 12.6. The minimum Gasteiger partial charge on any atom is -0.497 e. The summed E-state index contributed by atoms with van der Waals surface area (Å²) in [5, 5.41) is 3.73. The molecule has 5 nitrogen and oxygen atoms in total. The summed E-state index contributed by atoms with van der Waals surface area (Å²) in [4.78, 5) is 25.1. The Kier molecular flexibility index (Phi) is 5.12. The molecule has 1 N–H and O–H groups in total. The van der Waals surface area contributed by atoms with E-state index in [2.05, 4.69) is 5.32 Å². The molecule has 29 heavy (non-hydrogen) atoms. The standard InChI is InChI=1S/C24H19NO4/c1-28-20-10-11-21-18(15-29-22(21)14-20)13-23(26)25-19-9-5-8-17(12-19)24(27)16-6-3-2-4-7-16/h2-12,14-15H,13H2,1H3,(H,25,26). The van der Waals surface area contributed by atoms with Gasteiger partial charge in [-0.2, -0.15) is 0 Å². The molecule has 0 saturated carbocycles.